The van der Waals surface area contributed by atoms with Crippen LogP contribution in [0.2, 0.25) is 5.02 Å². The number of amides is 2. The van der Waals surface area contributed by atoms with Crippen molar-refractivity contribution in [3.63, 3.8) is 0 Å². The van der Waals surface area contributed by atoms with Crippen molar-refractivity contribution in [2.45, 2.75) is 6.04 Å². The van der Waals surface area contributed by atoms with Crippen molar-refractivity contribution in [1.82, 2.24) is 5.32 Å². The van der Waals surface area contributed by atoms with Crippen LogP contribution in [0.25, 0.3) is 0 Å². The van der Waals surface area contributed by atoms with E-state index in [2.05, 4.69) is 10.6 Å². The summed E-state index contributed by atoms with van der Waals surface area (Å²) < 4.78 is 0. The number of hydrogen-bond acceptors (Lipinski definition) is 2. The van der Waals surface area contributed by atoms with Crippen molar-refractivity contribution in [2.24, 2.45) is 0 Å². The monoisotopic (exact) mass is 440 g/mol. The lowest BCUT2D eigenvalue weighted by atomic mass is 9.98. The van der Waals surface area contributed by atoms with Gasteiger partial charge < -0.3 is 10.6 Å². The smallest absolute Gasteiger partial charge is 0.257 e. The topological polar surface area (TPSA) is 58.2 Å². The predicted molar refractivity (Wildman–Crippen MR) is 128 cm³/mol. The van der Waals surface area contributed by atoms with Crippen LogP contribution in [0, 0.1) is 0 Å². The van der Waals surface area contributed by atoms with Gasteiger partial charge in [-0.05, 0) is 41.5 Å². The molecule has 0 aromatic heterocycles. The highest BCUT2D eigenvalue weighted by Gasteiger charge is 2.18. The normalized spacial score (nSPS) is 10.6. The summed E-state index contributed by atoms with van der Waals surface area (Å²) >= 11 is 6.12. The molecule has 2 N–H and O–H groups in total. The molecule has 0 saturated carbocycles. The molecule has 0 bridgehead atoms. The van der Waals surface area contributed by atoms with Gasteiger partial charge in [-0.1, -0.05) is 90.5 Å². The van der Waals surface area contributed by atoms with E-state index in [-0.39, 0.29) is 17.9 Å². The second kappa shape index (κ2) is 9.94. The van der Waals surface area contributed by atoms with Crippen LogP contribution in [-0.4, -0.2) is 11.8 Å². The highest BCUT2D eigenvalue weighted by Crippen LogP contribution is 2.23. The first-order chi connectivity index (χ1) is 15.6. The lowest BCUT2D eigenvalue weighted by molar-refractivity contribution is 0.0941. The molecule has 5 heteroatoms. The minimum absolute atomic E-state index is 0.239. The lowest BCUT2D eigenvalue weighted by Gasteiger charge is -2.20. The molecule has 0 unspecified atom stereocenters. The largest absolute Gasteiger partial charge is 0.341 e. The van der Waals surface area contributed by atoms with Crippen LogP contribution < -0.4 is 10.6 Å². The number of anilines is 1. The van der Waals surface area contributed by atoms with E-state index in [4.69, 9.17) is 11.6 Å². The number of rotatable bonds is 6. The van der Waals surface area contributed by atoms with Gasteiger partial charge in [0.15, 0.2) is 0 Å². The lowest BCUT2D eigenvalue weighted by Crippen LogP contribution is -2.29. The van der Waals surface area contributed by atoms with Gasteiger partial charge >= 0.3 is 0 Å². The molecule has 4 aromatic carbocycles. The average Bonchev–Trinajstić information content (AvgIpc) is 2.84. The summed E-state index contributed by atoms with van der Waals surface area (Å²) in [6.07, 6.45) is 0. The van der Waals surface area contributed by atoms with Crippen LogP contribution in [-0.2, 0) is 0 Å². The third-order valence-electron chi connectivity index (χ3n) is 5.04. The van der Waals surface area contributed by atoms with Crippen molar-refractivity contribution in [3.05, 3.63) is 136 Å². The third kappa shape index (κ3) is 5.05. The molecule has 0 fully saturated rings. The van der Waals surface area contributed by atoms with Crippen LogP contribution in [0.3, 0.4) is 0 Å². The summed E-state index contributed by atoms with van der Waals surface area (Å²) in [4.78, 5) is 25.7. The first-order valence-corrected chi connectivity index (χ1v) is 10.6. The van der Waals surface area contributed by atoms with E-state index >= 15 is 0 Å². The van der Waals surface area contributed by atoms with Crippen LogP contribution in [0.4, 0.5) is 5.69 Å². The van der Waals surface area contributed by atoms with Gasteiger partial charge in [0, 0.05) is 11.3 Å². The number of carbonyl (C=O) groups is 2. The molecule has 4 rings (SSSR count). The molecule has 4 nitrogen and oxygen atoms in total. The molecule has 0 aliphatic carbocycles. The van der Waals surface area contributed by atoms with Crippen LogP contribution in [0.5, 0.6) is 0 Å². The van der Waals surface area contributed by atoms with Crippen LogP contribution in [0.15, 0.2) is 109 Å². The molecule has 32 heavy (non-hydrogen) atoms. The van der Waals surface area contributed by atoms with E-state index in [0.717, 1.165) is 11.1 Å². The fourth-order valence-electron chi connectivity index (χ4n) is 3.45. The Kier molecular flexibility index (Phi) is 6.63. The Hall–Kier alpha value is -3.89. The molecule has 4 aromatic rings. The maximum Gasteiger partial charge on any atom is 0.257 e. The molecule has 0 heterocycles. The molecule has 2 amide bonds. The Morgan fingerprint density at radius 2 is 1.25 bits per heavy atom. The fraction of sp³-hybridized carbons (Fsp3) is 0.0370. The molecule has 0 saturated heterocycles. The summed E-state index contributed by atoms with van der Waals surface area (Å²) in [7, 11) is 0. The standard InChI is InChI=1S/C27H21ClN2O2/c28-24-17-8-7-16-23(24)27(32)29-22-15-9-14-21(18-22)26(31)30-25(19-10-3-1-4-11-19)20-12-5-2-6-13-20/h1-18,25H,(H,29,32)(H,30,31). The molecular formula is C27H21ClN2O2. The molecule has 0 aliphatic rings. The Morgan fingerprint density at radius 3 is 1.88 bits per heavy atom. The number of nitrogens with one attached hydrogen (secondary N) is 2. The van der Waals surface area contributed by atoms with E-state index in [1.165, 1.54) is 0 Å². The zero-order valence-corrected chi connectivity index (χ0v) is 17.9. The van der Waals surface area contributed by atoms with Crippen molar-refractivity contribution in [2.75, 3.05) is 5.32 Å². The summed E-state index contributed by atoms with van der Waals surface area (Å²) in [5.41, 5.74) is 3.29. The Morgan fingerprint density at radius 1 is 0.656 bits per heavy atom. The summed E-state index contributed by atoms with van der Waals surface area (Å²) in [5, 5.41) is 6.29. The minimum Gasteiger partial charge on any atom is -0.341 e. The molecule has 0 radical (unpaired) electrons. The Balaban J connectivity index is 1.55. The zero-order chi connectivity index (χ0) is 22.3. The van der Waals surface area contributed by atoms with E-state index in [9.17, 15) is 9.59 Å². The van der Waals surface area contributed by atoms with E-state index in [1.807, 2.05) is 60.7 Å². The predicted octanol–water partition coefficient (Wildman–Crippen LogP) is 6.11. The van der Waals surface area contributed by atoms with Crippen molar-refractivity contribution in [1.29, 1.82) is 0 Å². The van der Waals surface area contributed by atoms with Gasteiger partial charge in [0.25, 0.3) is 11.8 Å². The maximum absolute atomic E-state index is 13.1. The molecule has 0 aliphatic heterocycles. The SMILES string of the molecule is O=C(NC(c1ccccc1)c1ccccc1)c1cccc(NC(=O)c2ccccc2Cl)c1. The first-order valence-electron chi connectivity index (χ1n) is 10.2. The Bertz CT molecular complexity index is 1190. The number of hydrogen-bond donors (Lipinski definition) is 2. The molecule has 0 atom stereocenters. The van der Waals surface area contributed by atoms with Crippen LogP contribution in [0.1, 0.15) is 37.9 Å². The van der Waals surface area contributed by atoms with Gasteiger partial charge in [0.2, 0.25) is 0 Å². The van der Waals surface area contributed by atoms with Crippen molar-refractivity contribution < 1.29 is 9.59 Å². The highest BCUT2D eigenvalue weighted by atomic mass is 35.5. The third-order valence-corrected chi connectivity index (χ3v) is 5.37. The summed E-state index contributed by atoms with van der Waals surface area (Å²) in [6.45, 7) is 0. The Labute approximate surface area is 191 Å². The average molecular weight is 441 g/mol. The second-order valence-electron chi connectivity index (χ2n) is 7.24. The maximum atomic E-state index is 13.1. The number of halogens is 1. The fourth-order valence-corrected chi connectivity index (χ4v) is 3.67. The number of benzene rings is 4. The van der Waals surface area contributed by atoms with Gasteiger partial charge in [-0.3, -0.25) is 9.59 Å². The number of carbonyl (C=O) groups excluding carboxylic acids is 2. The molecule has 0 spiro atoms. The summed E-state index contributed by atoms with van der Waals surface area (Å²) in [5.74, 6) is -0.573. The van der Waals surface area contributed by atoms with E-state index in [0.29, 0.717) is 21.8 Å². The first kappa shape index (κ1) is 21.3. The van der Waals surface area contributed by atoms with Crippen LogP contribution >= 0.6 is 11.6 Å². The summed E-state index contributed by atoms with van der Waals surface area (Å²) in [6, 6.07) is 33.0. The van der Waals surface area contributed by atoms with E-state index in [1.54, 1.807) is 48.5 Å². The quantitative estimate of drug-likeness (QED) is 0.380. The van der Waals surface area contributed by atoms with Gasteiger partial charge in [-0.2, -0.15) is 0 Å². The van der Waals surface area contributed by atoms with Gasteiger partial charge in [-0.15, -0.1) is 0 Å². The van der Waals surface area contributed by atoms with Gasteiger partial charge in [-0.25, -0.2) is 0 Å². The van der Waals surface area contributed by atoms with Crippen molar-refractivity contribution in [3.8, 4) is 0 Å². The highest BCUT2D eigenvalue weighted by molar-refractivity contribution is 6.34. The minimum atomic E-state index is -0.334. The zero-order valence-electron chi connectivity index (χ0n) is 17.2. The van der Waals surface area contributed by atoms with Crippen molar-refractivity contribution >= 4 is 29.1 Å². The second-order valence-corrected chi connectivity index (χ2v) is 7.65. The van der Waals surface area contributed by atoms with Gasteiger partial charge in [0.1, 0.15) is 0 Å². The molecular weight excluding hydrogens is 420 g/mol. The molecule has 158 valence electrons. The van der Waals surface area contributed by atoms with E-state index < -0.39 is 0 Å². The van der Waals surface area contributed by atoms with Gasteiger partial charge in [0.05, 0.1) is 16.6 Å².